The van der Waals surface area contributed by atoms with E-state index < -0.39 is 11.8 Å². The van der Waals surface area contributed by atoms with Crippen LogP contribution < -0.4 is 0 Å². The van der Waals surface area contributed by atoms with Crippen molar-refractivity contribution in [1.29, 1.82) is 0 Å². The molecule has 0 amide bonds. The van der Waals surface area contributed by atoms with E-state index in [0.717, 1.165) is 30.8 Å². The Kier molecular flexibility index (Phi) is 4.99. The molecule has 1 aliphatic carbocycles. The molecule has 4 heteroatoms. The molecule has 0 saturated carbocycles. The number of aromatic carboxylic acids is 1. The lowest BCUT2D eigenvalue weighted by Gasteiger charge is -2.21. The molecule has 2 rings (SSSR count). The fraction of sp³-hybridized carbons (Fsp3) is 0.562. The van der Waals surface area contributed by atoms with Crippen molar-refractivity contribution in [3.63, 3.8) is 0 Å². The monoisotopic (exact) mass is 279 g/mol. The molecule has 1 unspecified atom stereocenters. The van der Waals surface area contributed by atoms with Crippen molar-refractivity contribution < 1.29 is 14.3 Å². The highest BCUT2D eigenvalue weighted by atomic mass is 19.1. The number of rotatable bonds is 6. The maximum Gasteiger partial charge on any atom is 0.355 e. The summed E-state index contributed by atoms with van der Waals surface area (Å²) in [5, 5.41) is 8.85. The molecule has 0 aromatic carbocycles. The Morgan fingerprint density at radius 3 is 2.85 bits per heavy atom. The molecule has 2 N–H and O–H groups in total. The van der Waals surface area contributed by atoms with Crippen LogP contribution in [0.15, 0.2) is 12.1 Å². The van der Waals surface area contributed by atoms with E-state index in [2.05, 4.69) is 18.0 Å². The van der Waals surface area contributed by atoms with Crippen molar-refractivity contribution in [2.24, 2.45) is 5.92 Å². The molecule has 1 aromatic heterocycles. The molecule has 0 radical (unpaired) electrons. The Bertz CT molecular complexity index is 505. The number of hydrogen-bond acceptors (Lipinski definition) is 1. The Balaban J connectivity index is 1.98. The summed E-state index contributed by atoms with van der Waals surface area (Å²) in [6.07, 6.45) is 10.2. The predicted octanol–water partition coefficient (Wildman–Crippen LogP) is 4.62. The van der Waals surface area contributed by atoms with Crippen molar-refractivity contribution in [2.45, 2.75) is 51.9 Å². The van der Waals surface area contributed by atoms with Gasteiger partial charge in [0.25, 0.3) is 0 Å². The maximum absolute atomic E-state index is 13.5. The first-order chi connectivity index (χ1) is 9.61. The first-order valence-electron chi connectivity index (χ1n) is 7.43. The van der Waals surface area contributed by atoms with Gasteiger partial charge in [-0.15, -0.1) is 0 Å². The zero-order valence-corrected chi connectivity index (χ0v) is 11.9. The van der Waals surface area contributed by atoms with Gasteiger partial charge in [-0.05, 0) is 30.8 Å². The number of aromatic amines is 1. The second kappa shape index (κ2) is 6.73. The highest BCUT2D eigenvalue weighted by Crippen LogP contribution is 2.32. The molecule has 1 atom stereocenters. The van der Waals surface area contributed by atoms with Crippen LogP contribution in [0.2, 0.25) is 0 Å². The van der Waals surface area contributed by atoms with Gasteiger partial charge in [0.1, 0.15) is 0 Å². The van der Waals surface area contributed by atoms with Gasteiger partial charge < -0.3 is 10.1 Å². The number of carbonyl (C=O) groups is 1. The standard InChI is InChI=1S/C16H22FNO2/c1-2-3-4-5-11-6-8-12(9-7-11)14-10-13(17)15(18-14)16(19)20/h8,10-11,18H,2-7,9H2,1H3,(H,19,20). The summed E-state index contributed by atoms with van der Waals surface area (Å²) in [4.78, 5) is 13.5. The van der Waals surface area contributed by atoms with Gasteiger partial charge in [-0.2, -0.15) is 0 Å². The number of nitrogens with one attached hydrogen (secondary N) is 1. The largest absolute Gasteiger partial charge is 0.476 e. The molecule has 110 valence electrons. The van der Waals surface area contributed by atoms with Crippen LogP contribution in [-0.2, 0) is 0 Å². The van der Waals surface area contributed by atoms with Crippen molar-refractivity contribution in [3.05, 3.63) is 29.3 Å². The SMILES string of the molecule is CCCCCC1CC=C(c2cc(F)c(C(=O)O)[nH]2)CC1. The molecular weight excluding hydrogens is 257 g/mol. The Labute approximate surface area is 118 Å². The summed E-state index contributed by atoms with van der Waals surface area (Å²) in [6.45, 7) is 2.21. The Morgan fingerprint density at radius 2 is 2.30 bits per heavy atom. The van der Waals surface area contributed by atoms with Crippen LogP contribution in [0.4, 0.5) is 4.39 Å². The second-order valence-electron chi connectivity index (χ2n) is 5.58. The van der Waals surface area contributed by atoms with Crippen molar-refractivity contribution in [3.8, 4) is 0 Å². The number of halogens is 1. The van der Waals surface area contributed by atoms with Crippen molar-refractivity contribution in [1.82, 2.24) is 4.98 Å². The number of carboxylic acids is 1. The smallest absolute Gasteiger partial charge is 0.355 e. The van der Waals surface area contributed by atoms with Gasteiger partial charge in [-0.3, -0.25) is 0 Å². The number of aromatic nitrogens is 1. The lowest BCUT2D eigenvalue weighted by Crippen LogP contribution is -2.06. The molecule has 0 fully saturated rings. The average Bonchev–Trinajstić information content (AvgIpc) is 2.82. The van der Waals surface area contributed by atoms with Crippen LogP contribution in [0.5, 0.6) is 0 Å². The zero-order chi connectivity index (χ0) is 14.5. The number of unbranched alkanes of at least 4 members (excludes halogenated alkanes) is 2. The second-order valence-corrected chi connectivity index (χ2v) is 5.58. The van der Waals surface area contributed by atoms with Crippen LogP contribution >= 0.6 is 0 Å². The van der Waals surface area contributed by atoms with E-state index in [1.54, 1.807) is 0 Å². The van der Waals surface area contributed by atoms with Crippen LogP contribution in [0.1, 0.15) is 68.1 Å². The summed E-state index contributed by atoms with van der Waals surface area (Å²) in [6, 6.07) is 1.30. The van der Waals surface area contributed by atoms with Gasteiger partial charge in [-0.1, -0.05) is 38.7 Å². The van der Waals surface area contributed by atoms with Crippen LogP contribution in [0, 0.1) is 11.7 Å². The van der Waals surface area contributed by atoms with Gasteiger partial charge in [-0.25, -0.2) is 9.18 Å². The number of H-pyrrole nitrogens is 1. The molecule has 1 aromatic rings. The van der Waals surface area contributed by atoms with E-state index in [9.17, 15) is 9.18 Å². The summed E-state index contributed by atoms with van der Waals surface area (Å²) in [5.74, 6) is -1.20. The Hall–Kier alpha value is -1.58. The first kappa shape index (κ1) is 14.8. The van der Waals surface area contributed by atoms with E-state index >= 15 is 0 Å². The lowest BCUT2D eigenvalue weighted by atomic mass is 9.85. The quantitative estimate of drug-likeness (QED) is 0.747. The topological polar surface area (TPSA) is 53.1 Å². The summed E-state index contributed by atoms with van der Waals surface area (Å²) in [7, 11) is 0. The van der Waals surface area contributed by atoms with Gasteiger partial charge in [0.15, 0.2) is 11.5 Å². The van der Waals surface area contributed by atoms with Crippen molar-refractivity contribution in [2.75, 3.05) is 0 Å². The zero-order valence-electron chi connectivity index (χ0n) is 11.9. The highest BCUT2D eigenvalue weighted by molar-refractivity contribution is 5.87. The molecule has 0 aliphatic heterocycles. The molecule has 0 spiro atoms. The normalized spacial score (nSPS) is 18.9. The molecule has 1 heterocycles. The molecular formula is C16H22FNO2. The fourth-order valence-electron chi connectivity index (χ4n) is 2.84. The van der Waals surface area contributed by atoms with Crippen LogP contribution in [-0.4, -0.2) is 16.1 Å². The predicted molar refractivity (Wildman–Crippen MR) is 77.2 cm³/mol. The molecule has 20 heavy (non-hydrogen) atoms. The molecule has 3 nitrogen and oxygen atoms in total. The summed E-state index contributed by atoms with van der Waals surface area (Å²) < 4.78 is 13.5. The maximum atomic E-state index is 13.5. The van der Waals surface area contributed by atoms with E-state index in [4.69, 9.17) is 5.11 Å². The summed E-state index contributed by atoms with van der Waals surface area (Å²) in [5.41, 5.74) is 1.32. The fourth-order valence-corrected chi connectivity index (χ4v) is 2.84. The minimum atomic E-state index is -1.25. The van der Waals surface area contributed by atoms with Crippen molar-refractivity contribution >= 4 is 11.5 Å². The minimum Gasteiger partial charge on any atom is -0.476 e. The highest BCUT2D eigenvalue weighted by Gasteiger charge is 2.19. The van der Waals surface area contributed by atoms with E-state index in [1.165, 1.54) is 31.7 Å². The van der Waals surface area contributed by atoms with Crippen LogP contribution in [0.25, 0.3) is 5.57 Å². The number of hydrogen-bond donors (Lipinski definition) is 2. The van der Waals surface area contributed by atoms with E-state index in [0.29, 0.717) is 5.69 Å². The molecule has 0 bridgehead atoms. The number of carboxylic acid groups (broad SMARTS) is 1. The van der Waals surface area contributed by atoms with Gasteiger partial charge in [0.2, 0.25) is 0 Å². The van der Waals surface area contributed by atoms with Gasteiger partial charge in [0.05, 0.1) is 0 Å². The van der Waals surface area contributed by atoms with Gasteiger partial charge >= 0.3 is 5.97 Å². The first-order valence-corrected chi connectivity index (χ1v) is 7.43. The molecule has 1 aliphatic rings. The Morgan fingerprint density at radius 1 is 1.50 bits per heavy atom. The minimum absolute atomic E-state index is 0.342. The third-order valence-corrected chi connectivity index (χ3v) is 4.06. The van der Waals surface area contributed by atoms with E-state index in [-0.39, 0.29) is 5.69 Å². The molecule has 0 saturated heterocycles. The lowest BCUT2D eigenvalue weighted by molar-refractivity contribution is 0.0686. The summed E-state index contributed by atoms with van der Waals surface area (Å²) >= 11 is 0. The third-order valence-electron chi connectivity index (χ3n) is 4.06. The van der Waals surface area contributed by atoms with E-state index in [1.807, 2.05) is 0 Å². The average molecular weight is 279 g/mol. The van der Waals surface area contributed by atoms with Gasteiger partial charge in [0, 0.05) is 11.8 Å². The third kappa shape index (κ3) is 3.50. The van der Waals surface area contributed by atoms with Crippen LogP contribution in [0.3, 0.4) is 0 Å². The number of allylic oxidation sites excluding steroid dienone is 2.